The van der Waals surface area contributed by atoms with E-state index in [0.29, 0.717) is 5.89 Å². The summed E-state index contributed by atoms with van der Waals surface area (Å²) in [5.41, 5.74) is 13.7. The summed E-state index contributed by atoms with van der Waals surface area (Å²) in [6, 6.07) is 61.3. The molecule has 0 aliphatic heterocycles. The van der Waals surface area contributed by atoms with Crippen molar-refractivity contribution >= 4 is 70.4 Å². The lowest BCUT2D eigenvalue weighted by atomic mass is 9.82. The summed E-state index contributed by atoms with van der Waals surface area (Å²) < 4.78 is 8.84. The zero-order valence-corrected chi connectivity index (χ0v) is 30.7. The standard InChI is InChI=1S/C50H34N2OS/c1-50(2)40-18-9-8-17-37(40)38-28-27-35(30-41(38)50)52(34-25-23-32(24-26-34)31-13-4-3-5-14-31)43-20-12-22-45-47(43)46-36-16-7-6-15-33(36)29-39(48(46)54-45)49-51-42-19-10-11-21-44(42)53-49/h3-30H,1-2H3. The van der Waals surface area contributed by atoms with Gasteiger partial charge in [-0.05, 0) is 98.8 Å². The molecule has 256 valence electrons. The van der Waals surface area contributed by atoms with E-state index in [4.69, 9.17) is 9.40 Å². The van der Waals surface area contributed by atoms with Gasteiger partial charge < -0.3 is 9.32 Å². The van der Waals surface area contributed by atoms with Crippen LogP contribution in [0.2, 0.25) is 0 Å². The number of anilines is 3. The van der Waals surface area contributed by atoms with Gasteiger partial charge in [0.2, 0.25) is 5.89 Å². The molecule has 54 heavy (non-hydrogen) atoms. The molecule has 1 aliphatic rings. The molecular formula is C50H34N2OS. The molecule has 0 fully saturated rings. The molecular weight excluding hydrogens is 677 g/mol. The van der Waals surface area contributed by atoms with Gasteiger partial charge in [0.1, 0.15) is 5.52 Å². The Morgan fingerprint density at radius 1 is 0.556 bits per heavy atom. The monoisotopic (exact) mass is 710 g/mol. The van der Waals surface area contributed by atoms with Crippen LogP contribution in [0, 0.1) is 0 Å². The van der Waals surface area contributed by atoms with Crippen molar-refractivity contribution in [3.05, 3.63) is 181 Å². The molecule has 0 unspecified atom stereocenters. The van der Waals surface area contributed by atoms with Crippen molar-refractivity contribution in [2.24, 2.45) is 0 Å². The maximum Gasteiger partial charge on any atom is 0.228 e. The second kappa shape index (κ2) is 11.8. The molecule has 0 bridgehead atoms. The highest BCUT2D eigenvalue weighted by Gasteiger charge is 2.36. The van der Waals surface area contributed by atoms with E-state index >= 15 is 0 Å². The summed E-state index contributed by atoms with van der Waals surface area (Å²) in [6.07, 6.45) is 0. The number of thiophene rings is 1. The van der Waals surface area contributed by atoms with Crippen LogP contribution in [0.25, 0.3) is 75.8 Å². The Balaban J connectivity index is 1.19. The van der Waals surface area contributed by atoms with Crippen LogP contribution in [0.4, 0.5) is 17.1 Å². The summed E-state index contributed by atoms with van der Waals surface area (Å²) in [4.78, 5) is 7.45. The Morgan fingerprint density at radius 2 is 1.28 bits per heavy atom. The average molecular weight is 711 g/mol. The van der Waals surface area contributed by atoms with Crippen LogP contribution in [0.15, 0.2) is 174 Å². The van der Waals surface area contributed by atoms with Crippen molar-refractivity contribution in [2.75, 3.05) is 4.90 Å². The van der Waals surface area contributed by atoms with E-state index < -0.39 is 0 Å². The van der Waals surface area contributed by atoms with E-state index in [1.165, 1.54) is 58.9 Å². The molecule has 4 heteroatoms. The minimum Gasteiger partial charge on any atom is -0.436 e. The molecule has 0 N–H and O–H groups in total. The number of hydrogen-bond donors (Lipinski definition) is 0. The molecule has 0 amide bonds. The predicted molar refractivity (Wildman–Crippen MR) is 228 cm³/mol. The largest absolute Gasteiger partial charge is 0.436 e. The van der Waals surface area contributed by atoms with Gasteiger partial charge in [0.05, 0.1) is 11.3 Å². The van der Waals surface area contributed by atoms with Crippen LogP contribution in [-0.2, 0) is 5.41 Å². The first-order valence-corrected chi connectivity index (χ1v) is 19.3. The number of benzene rings is 8. The van der Waals surface area contributed by atoms with Crippen molar-refractivity contribution in [1.29, 1.82) is 0 Å². The minimum absolute atomic E-state index is 0.128. The van der Waals surface area contributed by atoms with Crippen LogP contribution >= 0.6 is 11.3 Å². The van der Waals surface area contributed by atoms with E-state index in [1.54, 1.807) is 0 Å². The molecule has 0 atom stereocenters. The Bertz CT molecular complexity index is 3050. The normalized spacial score (nSPS) is 13.1. The molecule has 0 saturated carbocycles. The molecule has 0 radical (unpaired) electrons. The molecule has 8 aromatic carbocycles. The van der Waals surface area contributed by atoms with E-state index in [1.807, 2.05) is 35.6 Å². The van der Waals surface area contributed by atoms with E-state index in [-0.39, 0.29) is 5.41 Å². The highest BCUT2D eigenvalue weighted by Crippen LogP contribution is 2.53. The summed E-state index contributed by atoms with van der Waals surface area (Å²) >= 11 is 1.81. The number of hydrogen-bond acceptors (Lipinski definition) is 4. The number of rotatable bonds is 5. The zero-order chi connectivity index (χ0) is 36.0. The van der Waals surface area contributed by atoms with Crippen LogP contribution < -0.4 is 4.90 Å². The Labute approximate surface area is 317 Å². The fourth-order valence-electron chi connectivity index (χ4n) is 8.67. The predicted octanol–water partition coefficient (Wildman–Crippen LogP) is 14.5. The molecule has 11 rings (SSSR count). The smallest absolute Gasteiger partial charge is 0.228 e. The third-order valence-electron chi connectivity index (χ3n) is 11.3. The topological polar surface area (TPSA) is 29.3 Å². The van der Waals surface area contributed by atoms with Crippen LogP contribution in [-0.4, -0.2) is 4.98 Å². The highest BCUT2D eigenvalue weighted by atomic mass is 32.1. The number of fused-ring (bicyclic) bond motifs is 9. The molecule has 2 aromatic heterocycles. The molecule has 1 aliphatic carbocycles. The minimum atomic E-state index is -0.128. The van der Waals surface area contributed by atoms with Crippen molar-refractivity contribution in [3.63, 3.8) is 0 Å². The Morgan fingerprint density at radius 3 is 2.15 bits per heavy atom. The summed E-state index contributed by atoms with van der Waals surface area (Å²) in [5, 5.41) is 4.83. The SMILES string of the molecule is CC1(C)c2ccccc2-c2ccc(N(c3ccc(-c4ccccc4)cc3)c3cccc4sc5c(-c6nc7ccccc7o6)cc6ccccc6c5c34)cc21. The lowest BCUT2D eigenvalue weighted by molar-refractivity contribution is 0.621. The zero-order valence-electron chi connectivity index (χ0n) is 29.9. The average Bonchev–Trinajstić information content (AvgIpc) is 3.90. The number of aromatic nitrogens is 1. The van der Waals surface area contributed by atoms with Gasteiger partial charge in [-0.2, -0.15) is 0 Å². The maximum absolute atomic E-state index is 6.45. The maximum atomic E-state index is 6.45. The Kier molecular flexibility index (Phi) is 6.77. The third-order valence-corrected chi connectivity index (χ3v) is 12.5. The van der Waals surface area contributed by atoms with E-state index in [9.17, 15) is 0 Å². The van der Waals surface area contributed by atoms with Crippen LogP contribution in [0.5, 0.6) is 0 Å². The lowest BCUT2D eigenvalue weighted by Crippen LogP contribution is -2.16. The van der Waals surface area contributed by atoms with Crippen molar-refractivity contribution in [2.45, 2.75) is 19.3 Å². The van der Waals surface area contributed by atoms with Gasteiger partial charge in [-0.3, -0.25) is 0 Å². The summed E-state index contributed by atoms with van der Waals surface area (Å²) in [5.74, 6) is 0.647. The number of oxazole rings is 1. The van der Waals surface area contributed by atoms with Crippen molar-refractivity contribution < 1.29 is 4.42 Å². The van der Waals surface area contributed by atoms with E-state index in [0.717, 1.165) is 39.1 Å². The van der Waals surface area contributed by atoms with Crippen molar-refractivity contribution in [3.8, 4) is 33.7 Å². The van der Waals surface area contributed by atoms with Crippen LogP contribution in [0.3, 0.4) is 0 Å². The first kappa shape index (κ1) is 31.1. The molecule has 10 aromatic rings. The lowest BCUT2D eigenvalue weighted by Gasteiger charge is -2.29. The molecule has 2 heterocycles. The van der Waals surface area contributed by atoms with Gasteiger partial charge in [-0.15, -0.1) is 11.3 Å². The third kappa shape index (κ3) is 4.63. The fraction of sp³-hybridized carbons (Fsp3) is 0.0600. The van der Waals surface area contributed by atoms with Gasteiger partial charge in [-0.1, -0.05) is 129 Å². The first-order valence-electron chi connectivity index (χ1n) is 18.5. The molecule has 3 nitrogen and oxygen atoms in total. The van der Waals surface area contributed by atoms with Crippen molar-refractivity contribution in [1.82, 2.24) is 4.98 Å². The number of nitrogens with zero attached hydrogens (tertiary/aromatic N) is 2. The quantitative estimate of drug-likeness (QED) is 0.178. The number of para-hydroxylation sites is 2. The van der Waals surface area contributed by atoms with Gasteiger partial charge in [0.25, 0.3) is 0 Å². The van der Waals surface area contributed by atoms with Gasteiger partial charge in [0, 0.05) is 37.0 Å². The fourth-order valence-corrected chi connectivity index (χ4v) is 9.92. The second-order valence-electron chi connectivity index (χ2n) is 14.7. The summed E-state index contributed by atoms with van der Waals surface area (Å²) in [6.45, 7) is 4.71. The Hall–Kier alpha value is -6.49. The van der Waals surface area contributed by atoms with Gasteiger partial charge >= 0.3 is 0 Å². The van der Waals surface area contributed by atoms with E-state index in [2.05, 4.69) is 164 Å². The van der Waals surface area contributed by atoms with Gasteiger partial charge in [0.15, 0.2) is 5.58 Å². The first-order chi connectivity index (χ1) is 26.5. The second-order valence-corrected chi connectivity index (χ2v) is 15.8. The molecule has 0 saturated heterocycles. The van der Waals surface area contributed by atoms with Crippen LogP contribution in [0.1, 0.15) is 25.0 Å². The van der Waals surface area contributed by atoms with Gasteiger partial charge in [-0.25, -0.2) is 4.98 Å². The highest BCUT2D eigenvalue weighted by molar-refractivity contribution is 7.26. The molecule has 0 spiro atoms. The summed E-state index contributed by atoms with van der Waals surface area (Å²) in [7, 11) is 0.